The van der Waals surface area contributed by atoms with Crippen molar-refractivity contribution in [3.05, 3.63) is 60.2 Å². The van der Waals surface area contributed by atoms with Gasteiger partial charge in [0.25, 0.3) is 0 Å². The van der Waals surface area contributed by atoms with E-state index in [0.29, 0.717) is 17.1 Å². The van der Waals surface area contributed by atoms with Gasteiger partial charge in [0, 0.05) is 5.56 Å². The first-order valence-electron chi connectivity index (χ1n) is 6.79. The largest absolute Gasteiger partial charge is 0.478 e. The van der Waals surface area contributed by atoms with E-state index in [0.717, 1.165) is 5.56 Å². The molecule has 0 saturated heterocycles. The molecule has 0 fully saturated rings. The fourth-order valence-corrected chi connectivity index (χ4v) is 2.04. The summed E-state index contributed by atoms with van der Waals surface area (Å²) < 4.78 is 0. The fourth-order valence-electron chi connectivity index (χ4n) is 2.04. The summed E-state index contributed by atoms with van der Waals surface area (Å²) in [6.45, 7) is 0. The van der Waals surface area contributed by atoms with E-state index in [2.05, 4.69) is 20.4 Å². The molecule has 2 aromatic carbocycles. The van der Waals surface area contributed by atoms with Gasteiger partial charge in [0.05, 0.1) is 16.9 Å². The molecule has 0 aliphatic rings. The summed E-state index contributed by atoms with van der Waals surface area (Å²) in [6.07, 6.45) is 0. The van der Waals surface area contributed by atoms with Gasteiger partial charge in [-0.3, -0.25) is 5.10 Å². The second-order valence-corrected chi connectivity index (χ2v) is 4.75. The second-order valence-electron chi connectivity index (χ2n) is 4.75. The van der Waals surface area contributed by atoms with Crippen molar-refractivity contribution in [3.8, 4) is 11.3 Å². The monoisotopic (exact) mass is 307 g/mol. The van der Waals surface area contributed by atoms with Gasteiger partial charge in [-0.2, -0.15) is 10.2 Å². The van der Waals surface area contributed by atoms with E-state index in [-0.39, 0.29) is 11.4 Å². The number of aromatic carboxylic acids is 1. The lowest BCUT2D eigenvalue weighted by molar-refractivity contribution is 0.0697. The van der Waals surface area contributed by atoms with Crippen molar-refractivity contribution in [3.63, 3.8) is 0 Å². The highest BCUT2D eigenvalue weighted by Crippen LogP contribution is 2.33. The number of carboxylic acids is 1. The molecule has 0 radical (unpaired) electrons. The molecule has 0 atom stereocenters. The van der Waals surface area contributed by atoms with Crippen LogP contribution < -0.4 is 5.73 Å². The number of carboxylic acid groups (broad SMARTS) is 1. The third-order valence-corrected chi connectivity index (χ3v) is 3.21. The number of hydrogen-bond acceptors (Lipinski definition) is 5. The van der Waals surface area contributed by atoms with Crippen molar-refractivity contribution in [2.45, 2.75) is 0 Å². The molecule has 0 saturated carbocycles. The number of hydrogen-bond donors (Lipinski definition) is 3. The lowest BCUT2D eigenvalue weighted by atomic mass is 10.1. The van der Waals surface area contributed by atoms with Crippen molar-refractivity contribution >= 4 is 23.2 Å². The first kappa shape index (κ1) is 14.5. The van der Waals surface area contributed by atoms with E-state index in [9.17, 15) is 4.79 Å². The van der Waals surface area contributed by atoms with E-state index < -0.39 is 5.97 Å². The number of aromatic nitrogens is 2. The number of anilines is 1. The molecular formula is C16H13N5O2. The third-order valence-electron chi connectivity index (χ3n) is 3.21. The second kappa shape index (κ2) is 6.10. The van der Waals surface area contributed by atoms with Crippen LogP contribution in [0, 0.1) is 0 Å². The van der Waals surface area contributed by atoms with Gasteiger partial charge in [0.1, 0.15) is 0 Å². The molecule has 0 aliphatic carbocycles. The van der Waals surface area contributed by atoms with Gasteiger partial charge in [-0.15, -0.1) is 5.11 Å². The van der Waals surface area contributed by atoms with Gasteiger partial charge in [-0.25, -0.2) is 4.79 Å². The van der Waals surface area contributed by atoms with E-state index in [4.69, 9.17) is 10.8 Å². The minimum absolute atomic E-state index is 0.191. The Bertz CT molecular complexity index is 854. The number of aromatic amines is 1. The number of rotatable bonds is 4. The van der Waals surface area contributed by atoms with Crippen molar-refractivity contribution in [2.75, 3.05) is 5.73 Å². The highest BCUT2D eigenvalue weighted by atomic mass is 16.4. The SMILES string of the molecule is Nc1n[nH]c(-c2ccccc2)c1N=Nc1ccc(C(=O)O)cc1. The summed E-state index contributed by atoms with van der Waals surface area (Å²) in [5, 5.41) is 23.9. The quantitative estimate of drug-likeness (QED) is 0.636. The summed E-state index contributed by atoms with van der Waals surface area (Å²) in [5.41, 5.74) is 8.56. The molecule has 23 heavy (non-hydrogen) atoms. The smallest absolute Gasteiger partial charge is 0.335 e. The molecule has 1 aromatic heterocycles. The number of H-pyrrole nitrogens is 1. The Morgan fingerprint density at radius 2 is 1.74 bits per heavy atom. The number of carbonyl (C=O) groups is 1. The number of benzene rings is 2. The van der Waals surface area contributed by atoms with Crippen LogP contribution in [0.3, 0.4) is 0 Å². The lowest BCUT2D eigenvalue weighted by Crippen LogP contribution is -1.93. The number of nitrogens with two attached hydrogens (primary N) is 1. The maximum Gasteiger partial charge on any atom is 0.335 e. The Hall–Kier alpha value is -3.48. The van der Waals surface area contributed by atoms with Gasteiger partial charge in [0.2, 0.25) is 0 Å². The van der Waals surface area contributed by atoms with Crippen LogP contribution in [0.2, 0.25) is 0 Å². The fraction of sp³-hybridized carbons (Fsp3) is 0. The van der Waals surface area contributed by atoms with Gasteiger partial charge < -0.3 is 10.8 Å². The van der Waals surface area contributed by atoms with Crippen molar-refractivity contribution in [1.82, 2.24) is 10.2 Å². The minimum Gasteiger partial charge on any atom is -0.478 e. The maximum absolute atomic E-state index is 10.8. The molecule has 0 bridgehead atoms. The van der Waals surface area contributed by atoms with Crippen LogP contribution in [-0.4, -0.2) is 21.3 Å². The Morgan fingerprint density at radius 3 is 2.39 bits per heavy atom. The Morgan fingerprint density at radius 1 is 1.04 bits per heavy atom. The Balaban J connectivity index is 1.91. The van der Waals surface area contributed by atoms with Crippen LogP contribution in [0.15, 0.2) is 64.8 Å². The predicted octanol–water partition coefficient (Wildman–Crippen LogP) is 3.77. The summed E-state index contributed by atoms with van der Waals surface area (Å²) in [4.78, 5) is 10.8. The normalized spacial score (nSPS) is 11.0. The molecule has 4 N–H and O–H groups in total. The number of nitrogens with one attached hydrogen (secondary N) is 1. The zero-order valence-corrected chi connectivity index (χ0v) is 12.0. The van der Waals surface area contributed by atoms with E-state index in [1.807, 2.05) is 30.3 Å². The zero-order chi connectivity index (χ0) is 16.2. The van der Waals surface area contributed by atoms with Crippen LogP contribution in [-0.2, 0) is 0 Å². The first-order chi connectivity index (χ1) is 11.1. The van der Waals surface area contributed by atoms with Gasteiger partial charge in [-0.1, -0.05) is 30.3 Å². The van der Waals surface area contributed by atoms with Gasteiger partial charge in [0.15, 0.2) is 11.5 Å². The van der Waals surface area contributed by atoms with E-state index in [1.165, 1.54) is 12.1 Å². The highest BCUT2D eigenvalue weighted by molar-refractivity contribution is 5.87. The molecule has 114 valence electrons. The minimum atomic E-state index is -0.987. The molecule has 7 heteroatoms. The van der Waals surface area contributed by atoms with Gasteiger partial charge >= 0.3 is 5.97 Å². The number of azo groups is 1. The number of nitrogens with zero attached hydrogens (tertiary/aromatic N) is 3. The van der Waals surface area contributed by atoms with Crippen LogP contribution in [0.4, 0.5) is 17.2 Å². The molecule has 0 unspecified atom stereocenters. The molecule has 1 heterocycles. The van der Waals surface area contributed by atoms with Crippen molar-refractivity contribution in [1.29, 1.82) is 0 Å². The van der Waals surface area contributed by atoms with Crippen molar-refractivity contribution < 1.29 is 9.90 Å². The predicted molar refractivity (Wildman–Crippen MR) is 86.0 cm³/mol. The zero-order valence-electron chi connectivity index (χ0n) is 12.0. The van der Waals surface area contributed by atoms with Crippen LogP contribution in [0.5, 0.6) is 0 Å². The third kappa shape index (κ3) is 3.08. The van der Waals surface area contributed by atoms with E-state index >= 15 is 0 Å². The van der Waals surface area contributed by atoms with Crippen LogP contribution >= 0.6 is 0 Å². The Labute approximate surface area is 131 Å². The molecule has 0 amide bonds. The van der Waals surface area contributed by atoms with Crippen molar-refractivity contribution in [2.24, 2.45) is 10.2 Å². The van der Waals surface area contributed by atoms with E-state index in [1.54, 1.807) is 12.1 Å². The Kier molecular flexibility index (Phi) is 3.84. The molecular weight excluding hydrogens is 294 g/mol. The molecule has 0 spiro atoms. The highest BCUT2D eigenvalue weighted by Gasteiger charge is 2.12. The van der Waals surface area contributed by atoms with Crippen LogP contribution in [0.1, 0.15) is 10.4 Å². The first-order valence-corrected chi connectivity index (χ1v) is 6.79. The lowest BCUT2D eigenvalue weighted by Gasteiger charge is -1.99. The van der Waals surface area contributed by atoms with Crippen LogP contribution in [0.25, 0.3) is 11.3 Å². The maximum atomic E-state index is 10.8. The topological polar surface area (TPSA) is 117 Å². The average Bonchev–Trinajstić information content (AvgIpc) is 2.95. The summed E-state index contributed by atoms with van der Waals surface area (Å²) in [6, 6.07) is 15.6. The molecule has 7 nitrogen and oxygen atoms in total. The van der Waals surface area contributed by atoms with Gasteiger partial charge in [-0.05, 0) is 24.3 Å². The average molecular weight is 307 g/mol. The summed E-state index contributed by atoms with van der Waals surface area (Å²) in [7, 11) is 0. The molecule has 3 rings (SSSR count). The number of nitrogen functional groups attached to an aromatic ring is 1. The molecule has 3 aromatic rings. The summed E-state index contributed by atoms with van der Waals surface area (Å²) in [5.74, 6) is -0.742. The molecule has 0 aliphatic heterocycles. The standard InChI is InChI=1S/C16H13N5O2/c17-15-14(13(19-21-15)10-4-2-1-3-5-10)20-18-12-8-6-11(7-9-12)16(22)23/h1-9H,(H,22,23)(H3,17,19,21). The summed E-state index contributed by atoms with van der Waals surface area (Å²) >= 11 is 0.